The van der Waals surface area contributed by atoms with E-state index in [4.69, 9.17) is 23.7 Å². The number of hydrogen-bond donors (Lipinski definition) is 1. The third-order valence-electron chi connectivity index (χ3n) is 6.94. The van der Waals surface area contributed by atoms with Crippen LogP contribution < -0.4 is 11.2 Å². The summed E-state index contributed by atoms with van der Waals surface area (Å²) in [5.74, 6) is -2.78. The van der Waals surface area contributed by atoms with E-state index in [9.17, 15) is 29.1 Å². The Bertz CT molecular complexity index is 1710. The molecule has 0 amide bonds. The molecule has 0 unspecified atom stereocenters. The third-order valence-corrected chi connectivity index (χ3v) is 6.94. The van der Waals surface area contributed by atoms with Crippen molar-refractivity contribution in [1.82, 2.24) is 9.13 Å². The summed E-state index contributed by atoms with van der Waals surface area (Å²) < 4.78 is 30.1. The van der Waals surface area contributed by atoms with Gasteiger partial charge in [-0.25, -0.2) is 4.79 Å². The van der Waals surface area contributed by atoms with E-state index in [0.29, 0.717) is 0 Å². The van der Waals surface area contributed by atoms with Gasteiger partial charge < -0.3 is 28.8 Å². The summed E-state index contributed by atoms with van der Waals surface area (Å²) in [6.07, 6.45) is -4.09. The summed E-state index contributed by atoms with van der Waals surface area (Å²) in [4.78, 5) is 65.5. The fourth-order valence-corrected chi connectivity index (χ4v) is 4.82. The molecule has 0 aliphatic carbocycles. The predicted molar refractivity (Wildman–Crippen MR) is 155 cm³/mol. The summed E-state index contributed by atoms with van der Waals surface area (Å²) >= 11 is 0. The molecule has 1 N–H and O–H groups in total. The Labute approximate surface area is 251 Å². The van der Waals surface area contributed by atoms with Crippen molar-refractivity contribution in [3.8, 4) is 5.88 Å². The topological polar surface area (TPSA) is 174 Å². The summed E-state index contributed by atoms with van der Waals surface area (Å²) in [5, 5.41) is 12.5. The van der Waals surface area contributed by atoms with Gasteiger partial charge in [0.1, 0.15) is 24.3 Å². The quantitative estimate of drug-likeness (QED) is 0.208. The Balaban J connectivity index is 1.78. The standard InChI is InChI=1S/C30H33N3O11/c1-16(34)40-15-23-25(42-17(2)35)26(43-18(3)36)24(31-13-22-27(37)32(4)30(39)33(5)28(22)38)29(44-23)41-14-19-10-11-20-8-6-7-9-21(20)12-19/h6-13,23-26,29,37H,14-15H2,1-5H3/t23-,24-,25-,26-,29-/m1/s1. The van der Waals surface area contributed by atoms with Crippen LogP contribution in [0.4, 0.5) is 0 Å². The summed E-state index contributed by atoms with van der Waals surface area (Å²) in [7, 11) is 2.50. The maximum Gasteiger partial charge on any atom is 0.333 e. The number of nitrogens with zero attached hydrogens (tertiary/aromatic N) is 3. The van der Waals surface area contributed by atoms with Crippen molar-refractivity contribution in [3.63, 3.8) is 0 Å². The van der Waals surface area contributed by atoms with Gasteiger partial charge in [0.05, 0.1) is 6.61 Å². The first kappa shape index (κ1) is 32.1. The van der Waals surface area contributed by atoms with Crippen LogP contribution >= 0.6 is 0 Å². The van der Waals surface area contributed by atoms with Crippen molar-refractivity contribution in [2.75, 3.05) is 6.61 Å². The van der Waals surface area contributed by atoms with Crippen LogP contribution in [0, 0.1) is 0 Å². The molecule has 2 aromatic carbocycles. The second kappa shape index (κ2) is 13.7. The number of aromatic hydroxyl groups is 1. The minimum atomic E-state index is -1.35. The van der Waals surface area contributed by atoms with Gasteiger partial charge in [0, 0.05) is 41.1 Å². The number of carbonyl (C=O) groups is 3. The van der Waals surface area contributed by atoms with Crippen molar-refractivity contribution >= 4 is 34.9 Å². The Kier molecular flexibility index (Phi) is 9.96. The van der Waals surface area contributed by atoms with Crippen LogP contribution in [0.3, 0.4) is 0 Å². The highest BCUT2D eigenvalue weighted by Crippen LogP contribution is 2.31. The minimum Gasteiger partial charge on any atom is -0.494 e. The Morgan fingerprint density at radius 2 is 1.59 bits per heavy atom. The van der Waals surface area contributed by atoms with Crippen LogP contribution in [0.1, 0.15) is 31.9 Å². The molecular formula is C30H33N3O11. The zero-order valence-corrected chi connectivity index (χ0v) is 24.8. The number of benzene rings is 2. The van der Waals surface area contributed by atoms with E-state index in [1.165, 1.54) is 21.0 Å². The van der Waals surface area contributed by atoms with Gasteiger partial charge in [-0.2, -0.15) is 0 Å². The summed E-state index contributed by atoms with van der Waals surface area (Å²) in [5.41, 5.74) is -1.17. The monoisotopic (exact) mass is 611 g/mol. The van der Waals surface area contributed by atoms with Crippen LogP contribution in [-0.2, 0) is 58.8 Å². The highest BCUT2D eigenvalue weighted by Gasteiger charge is 2.51. The maximum atomic E-state index is 12.8. The van der Waals surface area contributed by atoms with Crippen LogP contribution in [0.5, 0.6) is 5.88 Å². The molecule has 44 heavy (non-hydrogen) atoms. The van der Waals surface area contributed by atoms with Crippen LogP contribution in [0.25, 0.3) is 10.8 Å². The Morgan fingerprint density at radius 3 is 2.25 bits per heavy atom. The second-order valence-corrected chi connectivity index (χ2v) is 10.2. The molecule has 1 saturated heterocycles. The normalized spacial score (nSPS) is 21.7. The lowest BCUT2D eigenvalue weighted by Crippen LogP contribution is -2.61. The minimum absolute atomic E-state index is 0.000313. The molecule has 1 aliphatic heterocycles. The zero-order valence-electron chi connectivity index (χ0n) is 24.8. The van der Waals surface area contributed by atoms with E-state index in [0.717, 1.165) is 45.5 Å². The van der Waals surface area contributed by atoms with E-state index in [1.54, 1.807) is 0 Å². The first-order valence-electron chi connectivity index (χ1n) is 13.6. The average molecular weight is 612 g/mol. The van der Waals surface area contributed by atoms with Gasteiger partial charge in [-0.15, -0.1) is 0 Å². The van der Waals surface area contributed by atoms with E-state index in [2.05, 4.69) is 4.99 Å². The highest BCUT2D eigenvalue weighted by molar-refractivity contribution is 5.83. The lowest BCUT2D eigenvalue weighted by molar-refractivity contribution is -0.276. The van der Waals surface area contributed by atoms with Gasteiger partial charge in [0.15, 0.2) is 18.5 Å². The van der Waals surface area contributed by atoms with Crippen molar-refractivity contribution in [2.45, 2.75) is 58.0 Å². The largest absolute Gasteiger partial charge is 0.494 e. The number of carbonyl (C=O) groups excluding carboxylic acids is 3. The molecule has 0 bridgehead atoms. The Morgan fingerprint density at radius 1 is 0.932 bits per heavy atom. The van der Waals surface area contributed by atoms with Crippen molar-refractivity contribution < 1.29 is 43.2 Å². The molecule has 0 spiro atoms. The van der Waals surface area contributed by atoms with Gasteiger partial charge in [0.25, 0.3) is 5.56 Å². The number of esters is 3. The molecule has 1 aliphatic rings. The number of aromatic nitrogens is 2. The molecule has 0 saturated carbocycles. The third kappa shape index (κ3) is 7.21. The first-order valence-corrected chi connectivity index (χ1v) is 13.6. The number of hydrogen-bond acceptors (Lipinski definition) is 12. The second-order valence-electron chi connectivity index (χ2n) is 10.2. The van der Waals surface area contributed by atoms with Crippen LogP contribution in [-0.4, -0.2) is 75.6 Å². The van der Waals surface area contributed by atoms with Crippen molar-refractivity contribution in [1.29, 1.82) is 0 Å². The molecular weight excluding hydrogens is 578 g/mol. The molecule has 14 heteroatoms. The Hall–Kier alpha value is -4.82. The molecule has 1 fully saturated rings. The predicted octanol–water partition coefficient (Wildman–Crippen LogP) is 1.10. The summed E-state index contributed by atoms with van der Waals surface area (Å²) in [6.45, 7) is 3.09. The van der Waals surface area contributed by atoms with Crippen LogP contribution in [0.15, 0.2) is 57.0 Å². The molecule has 1 aromatic heterocycles. The molecule has 5 atom stereocenters. The first-order chi connectivity index (χ1) is 20.9. The molecule has 0 radical (unpaired) electrons. The van der Waals surface area contributed by atoms with Gasteiger partial charge in [0.2, 0.25) is 5.88 Å². The molecule has 234 valence electrons. The SMILES string of the molecule is CC(=O)OC[C@H]1O[C@@H](OCc2ccc3ccccc3c2)[C@H](N=Cc2c(O)n(C)c(=O)n(C)c2=O)[C@@H](OC(C)=O)[C@@H]1OC(C)=O. The maximum absolute atomic E-state index is 12.8. The fraction of sp³-hybridized carbons (Fsp3) is 0.400. The number of rotatable bonds is 9. The smallest absolute Gasteiger partial charge is 0.333 e. The van der Waals surface area contributed by atoms with Gasteiger partial charge in [-0.3, -0.25) is 33.3 Å². The summed E-state index contributed by atoms with van der Waals surface area (Å²) in [6, 6.07) is 12.2. The van der Waals surface area contributed by atoms with E-state index in [1.807, 2.05) is 42.5 Å². The molecule has 4 rings (SSSR count). The lowest BCUT2D eigenvalue weighted by atomic mass is 9.96. The van der Waals surface area contributed by atoms with Gasteiger partial charge >= 0.3 is 23.6 Å². The zero-order chi connectivity index (χ0) is 32.1. The lowest BCUT2D eigenvalue weighted by Gasteiger charge is -2.43. The number of aliphatic imine (C=N–C) groups is 1. The van der Waals surface area contributed by atoms with E-state index in [-0.39, 0.29) is 18.8 Å². The van der Waals surface area contributed by atoms with Gasteiger partial charge in [-0.05, 0) is 22.4 Å². The number of ether oxygens (including phenoxy) is 5. The highest BCUT2D eigenvalue weighted by atomic mass is 16.7. The molecule has 3 aromatic rings. The molecule has 14 nitrogen and oxygen atoms in total. The van der Waals surface area contributed by atoms with E-state index < -0.39 is 65.7 Å². The van der Waals surface area contributed by atoms with Gasteiger partial charge in [-0.1, -0.05) is 36.4 Å². The molecule has 2 heterocycles. The average Bonchev–Trinajstić information content (AvgIpc) is 2.98. The number of fused-ring (bicyclic) bond motifs is 1. The van der Waals surface area contributed by atoms with E-state index >= 15 is 0 Å². The van der Waals surface area contributed by atoms with Crippen molar-refractivity contribution in [3.05, 3.63) is 74.4 Å². The van der Waals surface area contributed by atoms with Crippen molar-refractivity contribution in [2.24, 2.45) is 19.1 Å². The fourth-order valence-electron chi connectivity index (χ4n) is 4.82. The van der Waals surface area contributed by atoms with Crippen LogP contribution in [0.2, 0.25) is 0 Å².